The molecule has 2 aliphatic heterocycles. The predicted octanol–water partition coefficient (Wildman–Crippen LogP) is 2.38. The zero-order valence-electron chi connectivity index (χ0n) is 20.7. The first-order valence-corrected chi connectivity index (χ1v) is 12.3. The number of amides is 2. The van der Waals surface area contributed by atoms with Crippen molar-refractivity contribution in [3.05, 3.63) is 52.3 Å². The molecule has 3 heterocycles. The fourth-order valence-electron chi connectivity index (χ4n) is 4.90. The van der Waals surface area contributed by atoms with Crippen LogP contribution in [0.2, 0.25) is 0 Å². The van der Waals surface area contributed by atoms with E-state index >= 15 is 0 Å². The minimum absolute atomic E-state index is 0.0204. The Kier molecular flexibility index (Phi) is 7.54. The summed E-state index contributed by atoms with van der Waals surface area (Å²) in [7, 11) is 1.54. The van der Waals surface area contributed by atoms with E-state index in [1.165, 1.54) is 6.07 Å². The smallest absolute Gasteiger partial charge is 0.338 e. The monoisotopic (exact) mass is 482 g/mol. The standard InChI is InChI=1S/C26H34N4O5/c1-4-20-22-21(13-26(16-28-24(22)32)8-10-34-11-9-26)30(29-20)14-17(2)15-35-25(33)19-7-5-6-18(12-19)23(31)27-3/h5-7,12,17H,4,8-11,13-16H2,1-3H3,(H,27,31)(H,28,32)/t17-/m1/s1. The highest BCUT2D eigenvalue weighted by atomic mass is 16.5. The van der Waals surface area contributed by atoms with Gasteiger partial charge in [0, 0.05) is 44.8 Å². The number of carbonyl (C=O) groups excluding carboxylic acids is 3. The van der Waals surface area contributed by atoms with Crippen LogP contribution in [-0.4, -0.2) is 61.0 Å². The topological polar surface area (TPSA) is 112 Å². The molecule has 1 aromatic carbocycles. The fourth-order valence-corrected chi connectivity index (χ4v) is 4.90. The molecule has 0 unspecified atom stereocenters. The number of nitrogens with zero attached hydrogens (tertiary/aromatic N) is 2. The number of rotatable bonds is 7. The molecule has 188 valence electrons. The summed E-state index contributed by atoms with van der Waals surface area (Å²) in [6.07, 6.45) is 3.25. The van der Waals surface area contributed by atoms with Gasteiger partial charge in [0.1, 0.15) is 0 Å². The van der Waals surface area contributed by atoms with Crippen molar-refractivity contribution in [3.63, 3.8) is 0 Å². The molecule has 0 aliphatic carbocycles. The highest BCUT2D eigenvalue weighted by Gasteiger charge is 2.39. The summed E-state index contributed by atoms with van der Waals surface area (Å²) in [4.78, 5) is 37.4. The number of aromatic nitrogens is 2. The maximum atomic E-state index is 13.0. The third kappa shape index (κ3) is 5.40. The lowest BCUT2D eigenvalue weighted by Crippen LogP contribution is -2.41. The van der Waals surface area contributed by atoms with Crippen molar-refractivity contribution >= 4 is 17.8 Å². The minimum atomic E-state index is -0.475. The summed E-state index contributed by atoms with van der Waals surface area (Å²) in [5.74, 6) is -0.810. The Labute approximate surface area is 205 Å². The Morgan fingerprint density at radius 1 is 1.29 bits per heavy atom. The second-order valence-electron chi connectivity index (χ2n) is 9.64. The van der Waals surface area contributed by atoms with E-state index in [-0.39, 0.29) is 29.8 Å². The molecule has 1 fully saturated rings. The van der Waals surface area contributed by atoms with Gasteiger partial charge in [-0.2, -0.15) is 5.10 Å². The molecule has 4 rings (SSSR count). The maximum absolute atomic E-state index is 13.0. The maximum Gasteiger partial charge on any atom is 0.338 e. The number of benzene rings is 1. The second kappa shape index (κ2) is 10.6. The minimum Gasteiger partial charge on any atom is -0.462 e. The highest BCUT2D eigenvalue weighted by Crippen LogP contribution is 2.37. The van der Waals surface area contributed by atoms with Crippen LogP contribution in [0.25, 0.3) is 0 Å². The van der Waals surface area contributed by atoms with Crippen LogP contribution in [0.5, 0.6) is 0 Å². The van der Waals surface area contributed by atoms with Crippen LogP contribution in [0.3, 0.4) is 0 Å². The first kappa shape index (κ1) is 24.9. The average Bonchev–Trinajstić information content (AvgIpc) is 3.15. The molecule has 0 radical (unpaired) electrons. The molecule has 9 nitrogen and oxygen atoms in total. The molecule has 9 heteroatoms. The molecular weight excluding hydrogens is 448 g/mol. The fraction of sp³-hybridized carbons (Fsp3) is 0.538. The van der Waals surface area contributed by atoms with Gasteiger partial charge < -0.3 is 20.1 Å². The first-order valence-electron chi connectivity index (χ1n) is 12.3. The molecular formula is C26H34N4O5. The molecule has 1 aromatic heterocycles. The Bertz CT molecular complexity index is 1100. The van der Waals surface area contributed by atoms with E-state index in [1.54, 1.807) is 25.2 Å². The number of esters is 1. The van der Waals surface area contributed by atoms with E-state index in [2.05, 4.69) is 10.6 Å². The number of hydrogen-bond acceptors (Lipinski definition) is 6. The Hall–Kier alpha value is -3.20. The molecule has 1 atom stereocenters. The Morgan fingerprint density at radius 2 is 2.03 bits per heavy atom. The van der Waals surface area contributed by atoms with Crippen molar-refractivity contribution in [1.82, 2.24) is 20.4 Å². The lowest BCUT2D eigenvalue weighted by atomic mass is 9.76. The Morgan fingerprint density at radius 3 is 2.74 bits per heavy atom. The number of ether oxygens (including phenoxy) is 2. The van der Waals surface area contributed by atoms with Gasteiger partial charge in [-0.25, -0.2) is 4.79 Å². The van der Waals surface area contributed by atoms with E-state index < -0.39 is 5.97 Å². The second-order valence-corrected chi connectivity index (χ2v) is 9.64. The van der Waals surface area contributed by atoms with Crippen LogP contribution >= 0.6 is 0 Å². The molecule has 2 N–H and O–H groups in total. The molecule has 2 amide bonds. The number of nitrogens with one attached hydrogen (secondary N) is 2. The average molecular weight is 483 g/mol. The van der Waals surface area contributed by atoms with Gasteiger partial charge in [0.2, 0.25) is 0 Å². The van der Waals surface area contributed by atoms with Gasteiger partial charge in [-0.05, 0) is 49.3 Å². The lowest BCUT2D eigenvalue weighted by molar-refractivity contribution is 0.0151. The van der Waals surface area contributed by atoms with Crippen molar-refractivity contribution in [3.8, 4) is 0 Å². The van der Waals surface area contributed by atoms with Crippen LogP contribution in [0.4, 0.5) is 0 Å². The van der Waals surface area contributed by atoms with Crippen molar-refractivity contribution in [2.75, 3.05) is 33.4 Å². The normalized spacial score (nSPS) is 17.7. The van der Waals surface area contributed by atoms with Gasteiger partial charge in [0.15, 0.2) is 0 Å². The quantitative estimate of drug-likeness (QED) is 0.586. The third-order valence-electron chi connectivity index (χ3n) is 6.98. The molecule has 35 heavy (non-hydrogen) atoms. The molecule has 1 saturated heterocycles. The summed E-state index contributed by atoms with van der Waals surface area (Å²) >= 11 is 0. The number of hydrogen-bond donors (Lipinski definition) is 2. The molecule has 2 aromatic rings. The van der Waals surface area contributed by atoms with Gasteiger partial charge in [-0.3, -0.25) is 14.3 Å². The van der Waals surface area contributed by atoms with Crippen LogP contribution in [0.1, 0.15) is 69.2 Å². The number of fused-ring (bicyclic) bond motifs is 1. The lowest BCUT2D eigenvalue weighted by Gasteiger charge is -2.36. The van der Waals surface area contributed by atoms with Crippen LogP contribution < -0.4 is 10.6 Å². The summed E-state index contributed by atoms with van der Waals surface area (Å²) < 4.78 is 13.1. The van der Waals surface area contributed by atoms with E-state index in [1.807, 2.05) is 18.5 Å². The largest absolute Gasteiger partial charge is 0.462 e. The predicted molar refractivity (Wildman–Crippen MR) is 129 cm³/mol. The van der Waals surface area contributed by atoms with Crippen LogP contribution in [-0.2, 0) is 28.9 Å². The molecule has 1 spiro atoms. The number of aryl methyl sites for hydroxylation is 1. The zero-order chi connectivity index (χ0) is 25.0. The zero-order valence-corrected chi connectivity index (χ0v) is 20.7. The van der Waals surface area contributed by atoms with Gasteiger partial charge >= 0.3 is 5.97 Å². The summed E-state index contributed by atoms with van der Waals surface area (Å²) in [6, 6.07) is 6.46. The molecule has 2 aliphatic rings. The first-order chi connectivity index (χ1) is 16.9. The highest BCUT2D eigenvalue weighted by molar-refractivity contribution is 5.98. The van der Waals surface area contributed by atoms with Crippen molar-refractivity contribution in [2.24, 2.45) is 11.3 Å². The Balaban J connectivity index is 1.47. The van der Waals surface area contributed by atoms with Gasteiger partial charge in [0.05, 0.1) is 29.1 Å². The van der Waals surface area contributed by atoms with E-state index in [0.29, 0.717) is 49.4 Å². The van der Waals surface area contributed by atoms with E-state index in [0.717, 1.165) is 30.7 Å². The van der Waals surface area contributed by atoms with Crippen molar-refractivity contribution in [1.29, 1.82) is 0 Å². The molecule has 0 saturated carbocycles. The molecule has 0 bridgehead atoms. The van der Waals surface area contributed by atoms with Gasteiger partial charge in [-0.15, -0.1) is 0 Å². The van der Waals surface area contributed by atoms with Crippen LogP contribution in [0, 0.1) is 11.3 Å². The van der Waals surface area contributed by atoms with Crippen molar-refractivity contribution < 1.29 is 23.9 Å². The summed E-state index contributed by atoms with van der Waals surface area (Å²) in [5.41, 5.74) is 3.19. The summed E-state index contributed by atoms with van der Waals surface area (Å²) in [6.45, 7) is 6.79. The van der Waals surface area contributed by atoms with Crippen LogP contribution in [0.15, 0.2) is 24.3 Å². The SMILES string of the molecule is CCc1nn(C[C@@H](C)COC(=O)c2cccc(C(=O)NC)c2)c2c1C(=O)NCC1(CCOCC1)C2. The third-order valence-corrected chi connectivity index (χ3v) is 6.98. The van der Waals surface area contributed by atoms with Gasteiger partial charge in [-0.1, -0.05) is 19.9 Å². The number of carbonyl (C=O) groups is 3. The van der Waals surface area contributed by atoms with E-state index in [4.69, 9.17) is 14.6 Å². The van der Waals surface area contributed by atoms with Gasteiger partial charge in [0.25, 0.3) is 11.8 Å². The van der Waals surface area contributed by atoms with E-state index in [9.17, 15) is 14.4 Å². The summed E-state index contributed by atoms with van der Waals surface area (Å²) in [5, 5.41) is 10.5. The van der Waals surface area contributed by atoms with Crippen molar-refractivity contribution in [2.45, 2.75) is 46.1 Å².